The fourth-order valence-electron chi connectivity index (χ4n) is 2.26. The lowest BCUT2D eigenvalue weighted by atomic mass is 10.1. The summed E-state index contributed by atoms with van der Waals surface area (Å²) in [6.45, 7) is 2.81. The van der Waals surface area contributed by atoms with Gasteiger partial charge in [0.1, 0.15) is 6.67 Å². The second-order valence-corrected chi connectivity index (χ2v) is 7.58. The summed E-state index contributed by atoms with van der Waals surface area (Å²) >= 11 is 1.27. The monoisotopic (exact) mass is 433 g/mol. The summed E-state index contributed by atoms with van der Waals surface area (Å²) in [7, 11) is 0. The molecule has 2 aromatic carbocycles. The molecule has 0 heterocycles. The highest BCUT2D eigenvalue weighted by Crippen LogP contribution is 2.14. The number of carbonyl (C=O) groups is 3. The first-order valence-corrected chi connectivity index (χ1v) is 10.3. The highest BCUT2D eigenvalue weighted by atomic mass is 32.2. The van der Waals surface area contributed by atoms with Gasteiger partial charge in [-0.1, -0.05) is 53.6 Å². The van der Waals surface area contributed by atoms with Crippen molar-refractivity contribution in [2.45, 2.75) is 37.6 Å². The second-order valence-electron chi connectivity index (χ2n) is 6.62. The van der Waals surface area contributed by atoms with Gasteiger partial charge in [0.25, 0.3) is 0 Å². The number of aryl methyl sites for hydroxylation is 2. The molecule has 2 aromatic rings. The molecule has 0 fully saturated rings. The lowest BCUT2D eigenvalue weighted by Crippen LogP contribution is -2.44. The van der Waals surface area contributed by atoms with Gasteiger partial charge in [-0.2, -0.15) is 0 Å². The fraction of sp³-hybridized carbons (Fsp3) is 0.318. The molecule has 6 nitrogen and oxygen atoms in total. The van der Waals surface area contributed by atoms with E-state index < -0.39 is 30.3 Å². The Labute approximate surface area is 180 Å². The molecule has 0 spiro atoms. The first-order chi connectivity index (χ1) is 14.3. The average Bonchev–Trinajstić information content (AvgIpc) is 2.73. The number of primary amides is 1. The van der Waals surface area contributed by atoms with E-state index in [0.717, 1.165) is 10.5 Å². The van der Waals surface area contributed by atoms with E-state index in [1.54, 1.807) is 0 Å². The Balaban J connectivity index is 0.000000539. The van der Waals surface area contributed by atoms with E-state index in [4.69, 9.17) is 5.73 Å². The molecule has 0 aliphatic carbocycles. The van der Waals surface area contributed by atoms with Crippen molar-refractivity contribution in [1.82, 2.24) is 10.0 Å². The van der Waals surface area contributed by atoms with E-state index in [2.05, 4.69) is 29.1 Å². The molecule has 1 unspecified atom stereocenters. The predicted octanol–water partition coefficient (Wildman–Crippen LogP) is 2.88. The normalized spacial score (nSPS) is 11.0. The molecule has 2 rings (SSSR count). The third kappa shape index (κ3) is 11.3. The van der Waals surface area contributed by atoms with Crippen molar-refractivity contribution in [3.05, 3.63) is 65.7 Å². The highest BCUT2D eigenvalue weighted by Gasteiger charge is 2.20. The number of amides is 2. The smallest absolute Gasteiger partial charge is 0.235 e. The SMILES string of the molecule is Cc1ccc(SNCC(=O)NC(CCC(N)=O)C(=O)CF)cc1.Cc1ccccc1. The third-order valence-electron chi connectivity index (χ3n) is 3.92. The molecule has 8 heteroatoms. The minimum Gasteiger partial charge on any atom is -0.370 e. The molecule has 0 aliphatic rings. The van der Waals surface area contributed by atoms with Crippen molar-refractivity contribution in [3.8, 4) is 0 Å². The van der Waals surface area contributed by atoms with Crippen molar-refractivity contribution < 1.29 is 18.8 Å². The maximum Gasteiger partial charge on any atom is 0.235 e. The molecule has 0 saturated heterocycles. The van der Waals surface area contributed by atoms with Crippen molar-refractivity contribution >= 4 is 29.5 Å². The number of nitrogens with two attached hydrogens (primary N) is 1. The minimum absolute atomic E-state index is 0.00503. The number of nitrogens with one attached hydrogen (secondary N) is 2. The molecule has 2 amide bonds. The van der Waals surface area contributed by atoms with E-state index in [-0.39, 0.29) is 19.4 Å². The number of hydrogen-bond acceptors (Lipinski definition) is 5. The molecule has 0 bridgehead atoms. The van der Waals surface area contributed by atoms with Crippen molar-refractivity contribution in [3.63, 3.8) is 0 Å². The van der Waals surface area contributed by atoms with Crippen LogP contribution in [0.4, 0.5) is 4.39 Å². The summed E-state index contributed by atoms with van der Waals surface area (Å²) in [6, 6.07) is 16.9. The van der Waals surface area contributed by atoms with Crippen LogP contribution in [0.2, 0.25) is 0 Å². The molecule has 1 atom stereocenters. The predicted molar refractivity (Wildman–Crippen MR) is 118 cm³/mol. The van der Waals surface area contributed by atoms with Crippen molar-refractivity contribution in [1.29, 1.82) is 0 Å². The standard InChI is InChI=1S/C15H20FN3O3S.C7H8/c1-10-2-4-11(5-3-10)23-18-9-15(22)19-12(13(20)8-16)6-7-14(17)21;1-7-5-3-2-4-6-7/h2-5,12,18H,6-9H2,1H3,(H2,17,21)(H,19,22);2-6H,1H3. The zero-order valence-electron chi connectivity index (χ0n) is 17.2. The van der Waals surface area contributed by atoms with Gasteiger partial charge >= 0.3 is 0 Å². The molecule has 0 aromatic heterocycles. The molecule has 0 saturated carbocycles. The Morgan fingerprint density at radius 2 is 1.60 bits per heavy atom. The lowest BCUT2D eigenvalue weighted by molar-refractivity contribution is -0.128. The number of rotatable bonds is 10. The molecule has 0 radical (unpaired) electrons. The first-order valence-electron chi connectivity index (χ1n) is 9.46. The number of alkyl halides is 1. The number of hydrogen-bond donors (Lipinski definition) is 3. The quantitative estimate of drug-likeness (QED) is 0.500. The maximum absolute atomic E-state index is 12.5. The van der Waals surface area contributed by atoms with Crippen molar-refractivity contribution in [2.24, 2.45) is 5.73 Å². The number of benzene rings is 2. The van der Waals surface area contributed by atoms with Gasteiger partial charge in [0.2, 0.25) is 11.8 Å². The van der Waals surface area contributed by atoms with Gasteiger partial charge in [0, 0.05) is 11.3 Å². The van der Waals surface area contributed by atoms with E-state index in [1.807, 2.05) is 49.4 Å². The summed E-state index contributed by atoms with van der Waals surface area (Å²) in [5.74, 6) is -1.84. The van der Waals surface area contributed by atoms with E-state index in [0.29, 0.717) is 0 Å². The molecule has 4 N–H and O–H groups in total. The summed E-state index contributed by atoms with van der Waals surface area (Å²) in [4.78, 5) is 34.9. The second kappa shape index (κ2) is 14.3. The maximum atomic E-state index is 12.5. The molecular weight excluding hydrogens is 405 g/mol. The van der Waals surface area contributed by atoms with Gasteiger partial charge in [0.05, 0.1) is 12.6 Å². The van der Waals surface area contributed by atoms with Crippen LogP contribution in [0.25, 0.3) is 0 Å². The zero-order chi connectivity index (χ0) is 22.4. The molecular formula is C22H28FN3O3S. The van der Waals surface area contributed by atoms with Gasteiger partial charge < -0.3 is 11.1 Å². The number of Topliss-reactive ketones (excluding diaryl/α,β-unsaturated/α-hetero) is 1. The third-order valence-corrected chi connectivity index (χ3v) is 4.72. The molecule has 30 heavy (non-hydrogen) atoms. The summed E-state index contributed by atoms with van der Waals surface area (Å²) in [6.07, 6.45) is -0.100. The van der Waals surface area contributed by atoms with Crippen molar-refractivity contribution in [2.75, 3.05) is 13.2 Å². The van der Waals surface area contributed by atoms with Crippen LogP contribution in [0.3, 0.4) is 0 Å². The lowest BCUT2D eigenvalue weighted by Gasteiger charge is -2.15. The Morgan fingerprint density at radius 1 is 1.00 bits per heavy atom. The average molecular weight is 434 g/mol. The van der Waals surface area contributed by atoms with Gasteiger partial charge in [0.15, 0.2) is 5.78 Å². The van der Waals surface area contributed by atoms with Crippen LogP contribution in [-0.4, -0.2) is 36.9 Å². The van der Waals surface area contributed by atoms with Gasteiger partial charge in [-0.05, 0) is 44.3 Å². The van der Waals surface area contributed by atoms with E-state index in [9.17, 15) is 18.8 Å². The molecule has 0 aliphatic heterocycles. The number of carbonyl (C=O) groups excluding carboxylic acids is 3. The highest BCUT2D eigenvalue weighted by molar-refractivity contribution is 7.97. The Hall–Kier alpha value is -2.71. The van der Waals surface area contributed by atoms with Crippen LogP contribution in [0, 0.1) is 13.8 Å². The van der Waals surface area contributed by atoms with Crippen LogP contribution >= 0.6 is 11.9 Å². The van der Waals surface area contributed by atoms with Crippen LogP contribution in [-0.2, 0) is 14.4 Å². The van der Waals surface area contributed by atoms with E-state index in [1.165, 1.54) is 17.5 Å². The Bertz CT molecular complexity index is 801. The first kappa shape index (κ1) is 25.3. The Morgan fingerprint density at radius 3 is 2.10 bits per heavy atom. The fourth-order valence-corrected chi connectivity index (χ4v) is 2.91. The number of ketones is 1. The zero-order valence-corrected chi connectivity index (χ0v) is 18.0. The largest absolute Gasteiger partial charge is 0.370 e. The topological polar surface area (TPSA) is 101 Å². The summed E-state index contributed by atoms with van der Waals surface area (Å²) in [5.41, 5.74) is 7.45. The molecule has 162 valence electrons. The van der Waals surface area contributed by atoms with Crippen LogP contribution < -0.4 is 15.8 Å². The minimum atomic E-state index is -1.20. The number of halogens is 1. The van der Waals surface area contributed by atoms with Crippen LogP contribution in [0.15, 0.2) is 59.5 Å². The Kier molecular flexibility index (Phi) is 12.1. The summed E-state index contributed by atoms with van der Waals surface area (Å²) in [5, 5.41) is 2.41. The van der Waals surface area contributed by atoms with Gasteiger partial charge in [-0.25, -0.2) is 4.39 Å². The van der Waals surface area contributed by atoms with E-state index >= 15 is 0 Å². The van der Waals surface area contributed by atoms with Crippen LogP contribution in [0.5, 0.6) is 0 Å². The van der Waals surface area contributed by atoms with Gasteiger partial charge in [-0.3, -0.25) is 19.1 Å². The van der Waals surface area contributed by atoms with Crippen LogP contribution in [0.1, 0.15) is 24.0 Å². The summed E-state index contributed by atoms with van der Waals surface area (Å²) < 4.78 is 15.3. The van der Waals surface area contributed by atoms with Gasteiger partial charge in [-0.15, -0.1) is 0 Å².